The van der Waals surface area contributed by atoms with Crippen molar-refractivity contribution in [1.82, 2.24) is 14.1 Å². The third kappa shape index (κ3) is 4.33. The highest BCUT2D eigenvalue weighted by Gasteiger charge is 2.34. The number of hydrogen-bond acceptors (Lipinski definition) is 6. The van der Waals surface area contributed by atoms with E-state index in [0.717, 1.165) is 0 Å². The number of amides is 2. The van der Waals surface area contributed by atoms with Gasteiger partial charge in [-0.05, 0) is 12.1 Å². The molecule has 2 heterocycles. The SMILES string of the molecule is CN1C[C@@H](C(=O)OCC(=O)N2CCN(S(=O)(=O)c3ccccc3)CC2)CC1=O. The number of ether oxygens (including phenoxy) is 1. The Labute approximate surface area is 163 Å². The predicted octanol–water partition coefficient (Wildman–Crippen LogP) is -0.459. The molecule has 0 saturated carbocycles. The number of esters is 1. The van der Waals surface area contributed by atoms with Gasteiger partial charge < -0.3 is 14.5 Å². The second-order valence-electron chi connectivity index (χ2n) is 6.88. The van der Waals surface area contributed by atoms with E-state index in [1.54, 1.807) is 25.2 Å². The van der Waals surface area contributed by atoms with Crippen LogP contribution in [0.15, 0.2) is 35.2 Å². The summed E-state index contributed by atoms with van der Waals surface area (Å²) in [7, 11) is -1.97. The van der Waals surface area contributed by atoms with Gasteiger partial charge in [-0.3, -0.25) is 14.4 Å². The van der Waals surface area contributed by atoms with Crippen molar-refractivity contribution in [3.05, 3.63) is 30.3 Å². The molecule has 28 heavy (non-hydrogen) atoms. The molecule has 2 aliphatic heterocycles. The summed E-state index contributed by atoms with van der Waals surface area (Å²) < 4.78 is 31.6. The molecule has 3 rings (SSSR count). The van der Waals surface area contributed by atoms with Crippen molar-refractivity contribution in [2.24, 2.45) is 5.92 Å². The molecule has 0 aliphatic carbocycles. The number of carbonyl (C=O) groups is 3. The average Bonchev–Trinajstić information content (AvgIpc) is 3.05. The van der Waals surface area contributed by atoms with Crippen LogP contribution in [0.4, 0.5) is 0 Å². The second-order valence-corrected chi connectivity index (χ2v) is 8.82. The summed E-state index contributed by atoms with van der Waals surface area (Å²) in [6, 6.07) is 8.15. The first-order valence-electron chi connectivity index (χ1n) is 9.02. The lowest BCUT2D eigenvalue weighted by Gasteiger charge is -2.33. The van der Waals surface area contributed by atoms with Gasteiger partial charge in [0.15, 0.2) is 6.61 Å². The van der Waals surface area contributed by atoms with Gasteiger partial charge in [-0.25, -0.2) is 8.42 Å². The minimum absolute atomic E-state index is 0.0968. The number of likely N-dealkylation sites (tertiary alicyclic amines) is 1. The number of carbonyl (C=O) groups excluding carboxylic acids is 3. The molecule has 2 saturated heterocycles. The zero-order valence-corrected chi connectivity index (χ0v) is 16.4. The lowest BCUT2D eigenvalue weighted by atomic mass is 10.1. The molecule has 10 heteroatoms. The molecule has 9 nitrogen and oxygen atoms in total. The summed E-state index contributed by atoms with van der Waals surface area (Å²) in [5.74, 6) is -1.60. The first kappa shape index (κ1) is 20.3. The zero-order valence-electron chi connectivity index (χ0n) is 15.6. The number of rotatable bonds is 5. The number of nitrogens with zero attached hydrogens (tertiary/aromatic N) is 3. The van der Waals surface area contributed by atoms with Gasteiger partial charge in [-0.2, -0.15) is 4.31 Å². The number of hydrogen-bond donors (Lipinski definition) is 0. The maximum absolute atomic E-state index is 12.6. The summed E-state index contributed by atoms with van der Waals surface area (Å²) in [4.78, 5) is 38.9. The molecule has 152 valence electrons. The molecule has 2 fully saturated rings. The summed E-state index contributed by atoms with van der Waals surface area (Å²) in [6.45, 7) is 0.707. The normalized spacial score (nSPS) is 21.0. The predicted molar refractivity (Wildman–Crippen MR) is 98.5 cm³/mol. The van der Waals surface area contributed by atoms with Crippen LogP contribution in [0.3, 0.4) is 0 Å². The number of benzene rings is 1. The number of sulfonamides is 1. The first-order valence-corrected chi connectivity index (χ1v) is 10.5. The third-order valence-electron chi connectivity index (χ3n) is 4.98. The summed E-state index contributed by atoms with van der Waals surface area (Å²) in [5, 5.41) is 0. The molecule has 0 bridgehead atoms. The Morgan fingerprint density at radius 1 is 1.11 bits per heavy atom. The molecule has 1 aromatic rings. The highest BCUT2D eigenvalue weighted by Crippen LogP contribution is 2.19. The van der Waals surface area contributed by atoms with Crippen LogP contribution in [0, 0.1) is 5.92 Å². The van der Waals surface area contributed by atoms with E-state index in [-0.39, 0.29) is 49.3 Å². The molecule has 0 radical (unpaired) electrons. The van der Waals surface area contributed by atoms with Gasteiger partial charge in [0.1, 0.15) is 0 Å². The van der Waals surface area contributed by atoms with Crippen molar-refractivity contribution in [3.8, 4) is 0 Å². The Kier molecular flexibility index (Phi) is 5.99. The van der Waals surface area contributed by atoms with Crippen LogP contribution in [0.1, 0.15) is 6.42 Å². The Hall–Kier alpha value is -2.46. The summed E-state index contributed by atoms with van der Waals surface area (Å²) in [5.41, 5.74) is 0. The van der Waals surface area contributed by atoms with Gasteiger partial charge in [0.25, 0.3) is 5.91 Å². The minimum Gasteiger partial charge on any atom is -0.455 e. The molecule has 0 unspecified atom stereocenters. The van der Waals surface area contributed by atoms with E-state index >= 15 is 0 Å². The zero-order chi connectivity index (χ0) is 20.3. The van der Waals surface area contributed by atoms with E-state index < -0.39 is 28.5 Å². The summed E-state index contributed by atoms with van der Waals surface area (Å²) in [6.07, 6.45) is 0.0968. The van der Waals surface area contributed by atoms with Crippen molar-refractivity contribution in [3.63, 3.8) is 0 Å². The van der Waals surface area contributed by atoms with Gasteiger partial charge >= 0.3 is 5.97 Å². The molecular weight excluding hydrogens is 386 g/mol. The van der Waals surface area contributed by atoms with Crippen molar-refractivity contribution in [2.75, 3.05) is 46.4 Å². The maximum Gasteiger partial charge on any atom is 0.311 e. The molecule has 2 aliphatic rings. The minimum atomic E-state index is -3.58. The highest BCUT2D eigenvalue weighted by atomic mass is 32.2. The molecule has 2 amide bonds. The fraction of sp³-hybridized carbons (Fsp3) is 0.500. The van der Waals surface area contributed by atoms with Crippen LogP contribution in [0.25, 0.3) is 0 Å². The van der Waals surface area contributed by atoms with Crippen LogP contribution in [0.5, 0.6) is 0 Å². The number of piperazine rings is 1. The van der Waals surface area contributed by atoms with Crippen molar-refractivity contribution < 1.29 is 27.5 Å². The molecular formula is C18H23N3O6S. The van der Waals surface area contributed by atoms with Crippen LogP contribution < -0.4 is 0 Å². The summed E-state index contributed by atoms with van der Waals surface area (Å²) >= 11 is 0. The lowest BCUT2D eigenvalue weighted by Crippen LogP contribution is -2.51. The van der Waals surface area contributed by atoms with E-state index in [0.29, 0.717) is 6.54 Å². The van der Waals surface area contributed by atoms with Crippen molar-refractivity contribution in [2.45, 2.75) is 11.3 Å². The fourth-order valence-electron chi connectivity index (χ4n) is 3.28. The third-order valence-corrected chi connectivity index (χ3v) is 6.90. The molecule has 0 spiro atoms. The quantitative estimate of drug-likeness (QED) is 0.610. The van der Waals surface area contributed by atoms with E-state index in [9.17, 15) is 22.8 Å². The largest absolute Gasteiger partial charge is 0.455 e. The fourth-order valence-corrected chi connectivity index (χ4v) is 4.73. The maximum atomic E-state index is 12.6. The van der Waals surface area contributed by atoms with Gasteiger partial charge in [0.05, 0.1) is 10.8 Å². The molecule has 1 aromatic carbocycles. The molecule has 0 aromatic heterocycles. The molecule has 1 atom stereocenters. The van der Waals surface area contributed by atoms with Crippen LogP contribution in [0.2, 0.25) is 0 Å². The first-order chi connectivity index (χ1) is 13.3. The van der Waals surface area contributed by atoms with E-state index in [4.69, 9.17) is 4.74 Å². The van der Waals surface area contributed by atoms with Gasteiger partial charge in [0.2, 0.25) is 15.9 Å². The van der Waals surface area contributed by atoms with Crippen LogP contribution in [-0.4, -0.2) is 86.7 Å². The standard InChI is InChI=1S/C18H23N3O6S/c1-19-12-14(11-16(19)22)18(24)27-13-17(23)20-7-9-21(10-8-20)28(25,26)15-5-3-2-4-6-15/h2-6,14H,7-13H2,1H3/t14-/m0/s1. The Morgan fingerprint density at radius 3 is 2.32 bits per heavy atom. The van der Waals surface area contributed by atoms with Crippen LogP contribution >= 0.6 is 0 Å². The highest BCUT2D eigenvalue weighted by molar-refractivity contribution is 7.89. The van der Waals surface area contributed by atoms with Crippen molar-refractivity contribution >= 4 is 27.8 Å². The monoisotopic (exact) mass is 409 g/mol. The van der Waals surface area contributed by atoms with E-state index in [1.165, 1.54) is 26.2 Å². The van der Waals surface area contributed by atoms with E-state index in [1.807, 2.05) is 0 Å². The Balaban J connectivity index is 1.48. The van der Waals surface area contributed by atoms with Gasteiger partial charge in [-0.15, -0.1) is 0 Å². The van der Waals surface area contributed by atoms with E-state index in [2.05, 4.69) is 0 Å². The molecule has 0 N–H and O–H groups in total. The second kappa shape index (κ2) is 8.27. The smallest absolute Gasteiger partial charge is 0.311 e. The topological polar surface area (TPSA) is 104 Å². The van der Waals surface area contributed by atoms with Gasteiger partial charge in [0, 0.05) is 46.2 Å². The van der Waals surface area contributed by atoms with Crippen LogP contribution in [-0.2, 0) is 29.1 Å². The van der Waals surface area contributed by atoms with Crippen molar-refractivity contribution in [1.29, 1.82) is 0 Å². The Morgan fingerprint density at radius 2 is 1.75 bits per heavy atom. The lowest BCUT2D eigenvalue weighted by molar-refractivity contribution is -0.155. The Bertz CT molecular complexity index is 849. The van der Waals surface area contributed by atoms with Gasteiger partial charge in [-0.1, -0.05) is 18.2 Å². The average molecular weight is 409 g/mol.